The lowest BCUT2D eigenvalue weighted by molar-refractivity contribution is 0.205. The number of hydrogen-bond donors (Lipinski definition) is 0. The van der Waals surface area contributed by atoms with E-state index in [4.69, 9.17) is 26.1 Å². The highest BCUT2D eigenvalue weighted by Gasteiger charge is 2.36. The minimum Gasteiger partial charge on any atom is -0.497 e. The Morgan fingerprint density at radius 3 is 2.62 bits per heavy atom. The number of methoxy groups -OCH3 is 1. The summed E-state index contributed by atoms with van der Waals surface area (Å²) in [6.07, 6.45) is 0. The van der Waals surface area contributed by atoms with Crippen molar-refractivity contribution < 1.29 is 17.9 Å². The number of rotatable bonds is 3. The summed E-state index contributed by atoms with van der Waals surface area (Å²) in [5.41, 5.74) is 1.52. The van der Waals surface area contributed by atoms with E-state index in [2.05, 4.69) is 4.90 Å². The van der Waals surface area contributed by atoms with E-state index in [1.807, 2.05) is 49.4 Å². The van der Waals surface area contributed by atoms with Crippen LogP contribution in [0.3, 0.4) is 0 Å². The summed E-state index contributed by atoms with van der Waals surface area (Å²) in [6.45, 7) is 3.17. The molecule has 0 amide bonds. The number of hydrogen-bond acceptors (Lipinski definition) is 6. The lowest BCUT2D eigenvalue weighted by atomic mass is 10.1. The van der Waals surface area contributed by atoms with Crippen LogP contribution >= 0.6 is 11.6 Å². The molecule has 0 radical (unpaired) electrons. The van der Waals surface area contributed by atoms with Gasteiger partial charge in [-0.05, 0) is 55.5 Å². The maximum atomic E-state index is 13.3. The third kappa shape index (κ3) is 4.13. The van der Waals surface area contributed by atoms with Gasteiger partial charge in [0.05, 0.1) is 17.6 Å². The van der Waals surface area contributed by atoms with Gasteiger partial charge in [0.15, 0.2) is 5.75 Å². The molecular formula is C25H24ClN3O4S. The van der Waals surface area contributed by atoms with Crippen LogP contribution in [0, 0.1) is 0 Å². The fraction of sp³-hybridized carbons (Fsp3) is 0.240. The molecule has 2 aliphatic heterocycles. The monoisotopic (exact) mass is 497 g/mol. The summed E-state index contributed by atoms with van der Waals surface area (Å²) in [7, 11) is -2.06. The van der Waals surface area contributed by atoms with Crippen molar-refractivity contribution in [2.45, 2.75) is 17.9 Å². The first-order valence-electron chi connectivity index (χ1n) is 10.9. The van der Waals surface area contributed by atoms with E-state index < -0.39 is 10.0 Å². The standard InChI is InChI=1S/C25H24ClN3O4S/c1-17-16-28(12-13-29(17)34(30,31)20-7-5-6-18(26)14-20)25-21-15-19(32-2)10-11-23(21)33-24-9-4-3-8-22(24)27-25/h3-11,14-15,17H,12-13,16H2,1-2H3. The van der Waals surface area contributed by atoms with Crippen LogP contribution in [-0.4, -0.2) is 56.2 Å². The molecule has 2 heterocycles. The van der Waals surface area contributed by atoms with E-state index in [1.165, 1.54) is 10.4 Å². The molecular weight excluding hydrogens is 474 g/mol. The third-order valence-electron chi connectivity index (χ3n) is 6.01. The number of amidine groups is 1. The van der Waals surface area contributed by atoms with Gasteiger partial charge in [-0.15, -0.1) is 0 Å². The van der Waals surface area contributed by atoms with E-state index in [1.54, 1.807) is 25.3 Å². The molecule has 0 bridgehead atoms. The molecule has 0 saturated carbocycles. The molecule has 0 spiro atoms. The lowest BCUT2D eigenvalue weighted by Crippen LogP contribution is -2.55. The highest BCUT2D eigenvalue weighted by molar-refractivity contribution is 7.89. The van der Waals surface area contributed by atoms with Gasteiger partial charge in [0.2, 0.25) is 10.0 Å². The minimum absolute atomic E-state index is 0.199. The zero-order valence-electron chi connectivity index (χ0n) is 18.8. The van der Waals surface area contributed by atoms with Crippen molar-refractivity contribution in [3.63, 3.8) is 0 Å². The van der Waals surface area contributed by atoms with Gasteiger partial charge in [-0.1, -0.05) is 29.8 Å². The van der Waals surface area contributed by atoms with Crippen LogP contribution in [0.5, 0.6) is 17.2 Å². The Bertz CT molecular complexity index is 1380. The number of sulfonamides is 1. The molecule has 1 atom stereocenters. The molecule has 34 heavy (non-hydrogen) atoms. The van der Waals surface area contributed by atoms with Crippen LogP contribution in [0.2, 0.25) is 5.02 Å². The first-order valence-corrected chi connectivity index (χ1v) is 12.7. The number of piperazine rings is 1. The molecule has 1 saturated heterocycles. The highest BCUT2D eigenvalue weighted by Crippen LogP contribution is 2.39. The second-order valence-electron chi connectivity index (χ2n) is 8.24. The summed E-state index contributed by atoms with van der Waals surface area (Å²) in [5, 5.41) is 0.393. The highest BCUT2D eigenvalue weighted by atomic mass is 35.5. The van der Waals surface area contributed by atoms with Crippen molar-refractivity contribution >= 4 is 33.1 Å². The largest absolute Gasteiger partial charge is 0.497 e. The number of fused-ring (bicyclic) bond motifs is 2. The zero-order chi connectivity index (χ0) is 23.9. The molecule has 0 aromatic heterocycles. The molecule has 3 aromatic rings. The number of ether oxygens (including phenoxy) is 2. The van der Waals surface area contributed by atoms with Crippen LogP contribution in [-0.2, 0) is 10.0 Å². The number of benzene rings is 3. The Balaban J connectivity index is 1.49. The Kier molecular flexibility index (Phi) is 5.97. The molecule has 176 valence electrons. The fourth-order valence-electron chi connectivity index (χ4n) is 4.32. The van der Waals surface area contributed by atoms with Gasteiger partial charge in [-0.2, -0.15) is 4.31 Å². The Morgan fingerprint density at radius 1 is 1.03 bits per heavy atom. The van der Waals surface area contributed by atoms with E-state index in [-0.39, 0.29) is 10.9 Å². The molecule has 2 aliphatic rings. The predicted octanol–water partition coefficient (Wildman–Crippen LogP) is 4.93. The van der Waals surface area contributed by atoms with Gasteiger partial charge in [-0.3, -0.25) is 0 Å². The minimum atomic E-state index is -3.68. The fourth-order valence-corrected chi connectivity index (χ4v) is 6.24. The van der Waals surface area contributed by atoms with Crippen molar-refractivity contribution in [1.29, 1.82) is 0 Å². The van der Waals surface area contributed by atoms with Gasteiger partial charge >= 0.3 is 0 Å². The Hall–Kier alpha value is -3.07. The van der Waals surface area contributed by atoms with Crippen molar-refractivity contribution in [3.8, 4) is 17.2 Å². The summed E-state index contributed by atoms with van der Waals surface area (Å²) in [6, 6.07) is 19.3. The van der Waals surface area contributed by atoms with Gasteiger partial charge < -0.3 is 14.4 Å². The van der Waals surface area contributed by atoms with Crippen LogP contribution in [0.1, 0.15) is 12.5 Å². The first kappa shape index (κ1) is 22.7. The van der Waals surface area contributed by atoms with Crippen molar-refractivity contribution in [2.24, 2.45) is 4.99 Å². The number of halogens is 1. The summed E-state index contributed by atoms with van der Waals surface area (Å²) in [5.74, 6) is 2.76. The van der Waals surface area contributed by atoms with Gasteiger partial charge in [0, 0.05) is 30.7 Å². The molecule has 7 nitrogen and oxygen atoms in total. The maximum absolute atomic E-state index is 13.3. The normalized spacial score (nSPS) is 18.3. The SMILES string of the molecule is COc1ccc2c(c1)C(N1CCN(S(=O)(=O)c3cccc(Cl)c3)C(C)C1)=Nc1ccccc1O2. The molecule has 0 aliphatic carbocycles. The smallest absolute Gasteiger partial charge is 0.243 e. The van der Waals surface area contributed by atoms with Crippen molar-refractivity contribution in [2.75, 3.05) is 26.7 Å². The quantitative estimate of drug-likeness (QED) is 0.513. The van der Waals surface area contributed by atoms with Crippen molar-refractivity contribution in [1.82, 2.24) is 9.21 Å². The average Bonchev–Trinajstić information content (AvgIpc) is 3.00. The third-order valence-corrected chi connectivity index (χ3v) is 8.25. The second kappa shape index (κ2) is 8.94. The predicted molar refractivity (Wildman–Crippen MR) is 132 cm³/mol. The average molecular weight is 498 g/mol. The summed E-state index contributed by atoms with van der Waals surface area (Å²) >= 11 is 6.05. The maximum Gasteiger partial charge on any atom is 0.243 e. The van der Waals surface area contributed by atoms with E-state index in [0.29, 0.717) is 47.6 Å². The summed E-state index contributed by atoms with van der Waals surface area (Å²) in [4.78, 5) is 7.26. The topological polar surface area (TPSA) is 71.4 Å². The van der Waals surface area contributed by atoms with Crippen LogP contribution in [0.25, 0.3) is 0 Å². The van der Waals surface area contributed by atoms with Crippen molar-refractivity contribution in [3.05, 3.63) is 77.3 Å². The first-order chi connectivity index (χ1) is 16.4. The molecule has 9 heteroatoms. The Morgan fingerprint density at radius 2 is 1.85 bits per heavy atom. The van der Waals surface area contributed by atoms with E-state index >= 15 is 0 Å². The van der Waals surface area contributed by atoms with Gasteiger partial charge in [0.25, 0.3) is 0 Å². The molecule has 1 fully saturated rings. The van der Waals surface area contributed by atoms with Crippen LogP contribution in [0.15, 0.2) is 76.6 Å². The summed E-state index contributed by atoms with van der Waals surface area (Å²) < 4.78 is 39.8. The molecule has 3 aromatic carbocycles. The number of para-hydroxylation sites is 2. The van der Waals surface area contributed by atoms with E-state index in [9.17, 15) is 8.42 Å². The Labute approximate surface area is 204 Å². The zero-order valence-corrected chi connectivity index (χ0v) is 20.4. The molecule has 5 rings (SSSR count). The second-order valence-corrected chi connectivity index (χ2v) is 10.6. The lowest BCUT2D eigenvalue weighted by Gasteiger charge is -2.40. The number of aliphatic imine (C=N–C) groups is 1. The van der Waals surface area contributed by atoms with Crippen LogP contribution < -0.4 is 9.47 Å². The molecule has 0 N–H and O–H groups in total. The van der Waals surface area contributed by atoms with E-state index in [0.717, 1.165) is 11.4 Å². The molecule has 1 unspecified atom stereocenters. The van der Waals surface area contributed by atoms with Crippen LogP contribution in [0.4, 0.5) is 5.69 Å². The van der Waals surface area contributed by atoms with Gasteiger partial charge in [-0.25, -0.2) is 13.4 Å². The number of nitrogens with zero attached hydrogens (tertiary/aromatic N) is 3. The van der Waals surface area contributed by atoms with Gasteiger partial charge in [0.1, 0.15) is 23.0 Å².